The second-order valence-corrected chi connectivity index (χ2v) is 7.85. The van der Waals surface area contributed by atoms with E-state index in [2.05, 4.69) is 16.8 Å². The van der Waals surface area contributed by atoms with Gasteiger partial charge in [0.25, 0.3) is 5.89 Å². The Hall–Kier alpha value is -3.21. The van der Waals surface area contributed by atoms with Gasteiger partial charge >= 0.3 is 12.2 Å². The van der Waals surface area contributed by atoms with Gasteiger partial charge in [-0.05, 0) is 66.5 Å². The summed E-state index contributed by atoms with van der Waals surface area (Å²) in [5.41, 5.74) is -0.805. The van der Waals surface area contributed by atoms with Gasteiger partial charge in [-0.1, -0.05) is 17.1 Å². The molecule has 1 aromatic carbocycles. The van der Waals surface area contributed by atoms with Crippen LogP contribution in [0.2, 0.25) is 0 Å². The second-order valence-electron chi connectivity index (χ2n) is 7.85. The standard InChI is InChI=1S/C20H24N2O6/c1-8-10-15-21-16-13(11-9-12-14(16)25-15)22(17(23)26-19(2,3)4)28-18(24)27-20(5,6)7/h9,11-12H,1-7H3. The molecule has 0 aliphatic rings. The second kappa shape index (κ2) is 7.80. The van der Waals surface area contributed by atoms with E-state index < -0.39 is 23.5 Å². The number of fused-ring (bicyclic) bond motifs is 1. The van der Waals surface area contributed by atoms with Gasteiger partial charge in [0.1, 0.15) is 22.4 Å². The van der Waals surface area contributed by atoms with E-state index in [0.717, 1.165) is 0 Å². The van der Waals surface area contributed by atoms with E-state index in [1.54, 1.807) is 66.7 Å². The van der Waals surface area contributed by atoms with Crippen molar-refractivity contribution in [2.24, 2.45) is 0 Å². The predicted octanol–water partition coefficient (Wildman–Crippen LogP) is 4.81. The fourth-order valence-electron chi connectivity index (χ4n) is 2.09. The Labute approximate surface area is 163 Å². The molecular weight excluding hydrogens is 364 g/mol. The van der Waals surface area contributed by atoms with E-state index in [9.17, 15) is 9.59 Å². The molecule has 0 saturated carbocycles. The number of benzene rings is 1. The molecule has 0 aliphatic carbocycles. The molecule has 0 bridgehead atoms. The Morgan fingerprint density at radius 1 is 1.07 bits per heavy atom. The number of hydrogen-bond acceptors (Lipinski definition) is 7. The molecule has 0 N–H and O–H groups in total. The summed E-state index contributed by atoms with van der Waals surface area (Å²) >= 11 is 0. The number of oxazole rings is 1. The molecular formula is C20H24N2O6. The summed E-state index contributed by atoms with van der Waals surface area (Å²) in [5.74, 6) is 5.57. The summed E-state index contributed by atoms with van der Waals surface area (Å²) in [5, 5.41) is 0.702. The zero-order valence-electron chi connectivity index (χ0n) is 17.1. The lowest BCUT2D eigenvalue weighted by Gasteiger charge is -2.27. The zero-order chi connectivity index (χ0) is 21.1. The summed E-state index contributed by atoms with van der Waals surface area (Å²) in [6, 6.07) is 4.83. The predicted molar refractivity (Wildman–Crippen MR) is 103 cm³/mol. The van der Waals surface area contributed by atoms with Crippen LogP contribution in [0.25, 0.3) is 11.1 Å². The smallest absolute Gasteiger partial charge is 0.441 e. The minimum absolute atomic E-state index is 0.158. The van der Waals surface area contributed by atoms with E-state index in [4.69, 9.17) is 18.7 Å². The zero-order valence-corrected chi connectivity index (χ0v) is 17.1. The van der Waals surface area contributed by atoms with E-state index in [-0.39, 0.29) is 17.1 Å². The lowest BCUT2D eigenvalue weighted by Crippen LogP contribution is -2.40. The van der Waals surface area contributed by atoms with Gasteiger partial charge in [-0.25, -0.2) is 9.59 Å². The van der Waals surface area contributed by atoms with Crippen LogP contribution in [0.5, 0.6) is 0 Å². The van der Waals surface area contributed by atoms with Crippen molar-refractivity contribution in [2.75, 3.05) is 5.06 Å². The van der Waals surface area contributed by atoms with E-state index in [1.807, 2.05) is 0 Å². The highest BCUT2D eigenvalue weighted by Crippen LogP contribution is 2.29. The molecule has 28 heavy (non-hydrogen) atoms. The first kappa shape index (κ1) is 21.1. The Morgan fingerprint density at radius 2 is 1.71 bits per heavy atom. The van der Waals surface area contributed by atoms with Crippen LogP contribution in [0.15, 0.2) is 22.6 Å². The average molecular weight is 388 g/mol. The Balaban J connectivity index is 2.48. The van der Waals surface area contributed by atoms with Crippen molar-refractivity contribution in [1.29, 1.82) is 0 Å². The van der Waals surface area contributed by atoms with Crippen LogP contribution in [0.1, 0.15) is 54.4 Å². The molecule has 0 radical (unpaired) electrons. The maximum absolute atomic E-state index is 12.7. The fourth-order valence-corrected chi connectivity index (χ4v) is 2.09. The maximum atomic E-state index is 12.7. The topological polar surface area (TPSA) is 91.1 Å². The van der Waals surface area contributed by atoms with Crippen LogP contribution in [0.4, 0.5) is 15.3 Å². The van der Waals surface area contributed by atoms with Crippen molar-refractivity contribution in [2.45, 2.75) is 59.7 Å². The number of hydroxylamine groups is 1. The van der Waals surface area contributed by atoms with E-state index in [0.29, 0.717) is 10.6 Å². The molecule has 0 fully saturated rings. The Bertz CT molecular complexity index is 937. The summed E-state index contributed by atoms with van der Waals surface area (Å²) in [6.45, 7) is 11.8. The van der Waals surface area contributed by atoms with Gasteiger partial charge in [-0.2, -0.15) is 4.98 Å². The van der Waals surface area contributed by atoms with Crippen molar-refractivity contribution in [3.05, 3.63) is 24.1 Å². The van der Waals surface area contributed by atoms with Crippen LogP contribution in [-0.4, -0.2) is 28.4 Å². The van der Waals surface area contributed by atoms with Gasteiger partial charge in [-0.3, -0.25) is 4.84 Å². The van der Waals surface area contributed by atoms with Gasteiger partial charge in [0, 0.05) is 0 Å². The number of rotatable bonds is 1. The van der Waals surface area contributed by atoms with Crippen LogP contribution >= 0.6 is 0 Å². The molecule has 2 rings (SSSR count). The molecule has 0 aliphatic heterocycles. The van der Waals surface area contributed by atoms with Crippen molar-refractivity contribution in [3.63, 3.8) is 0 Å². The number of carbonyl (C=O) groups is 2. The van der Waals surface area contributed by atoms with Crippen molar-refractivity contribution < 1.29 is 28.3 Å². The van der Waals surface area contributed by atoms with Gasteiger partial charge in [0.05, 0.1) is 0 Å². The van der Waals surface area contributed by atoms with Gasteiger partial charge in [-0.15, -0.1) is 0 Å². The lowest BCUT2D eigenvalue weighted by molar-refractivity contribution is -0.0204. The average Bonchev–Trinajstić information content (AvgIpc) is 2.92. The number of anilines is 1. The van der Waals surface area contributed by atoms with Crippen LogP contribution in [-0.2, 0) is 14.3 Å². The maximum Gasteiger partial charge on any atom is 0.534 e. The molecule has 0 atom stereocenters. The highest BCUT2D eigenvalue weighted by Gasteiger charge is 2.31. The third-order valence-electron chi connectivity index (χ3n) is 2.96. The first-order valence-electron chi connectivity index (χ1n) is 8.66. The molecule has 0 saturated heterocycles. The Morgan fingerprint density at radius 3 is 2.29 bits per heavy atom. The van der Waals surface area contributed by atoms with Crippen molar-refractivity contribution >= 4 is 29.0 Å². The molecule has 1 aromatic heterocycles. The third-order valence-corrected chi connectivity index (χ3v) is 2.96. The van der Waals surface area contributed by atoms with Gasteiger partial charge in [0.2, 0.25) is 0 Å². The molecule has 1 amide bonds. The minimum atomic E-state index is -1.06. The van der Waals surface area contributed by atoms with Gasteiger partial charge < -0.3 is 13.9 Å². The summed E-state index contributed by atoms with van der Waals surface area (Å²) in [6.07, 6.45) is -1.97. The van der Waals surface area contributed by atoms with Crippen LogP contribution in [0, 0.1) is 11.8 Å². The van der Waals surface area contributed by atoms with Crippen molar-refractivity contribution in [3.8, 4) is 11.8 Å². The number of carbonyl (C=O) groups excluding carboxylic acids is 2. The number of ether oxygens (including phenoxy) is 2. The highest BCUT2D eigenvalue weighted by atomic mass is 16.8. The molecule has 150 valence electrons. The SMILES string of the molecule is CC#Cc1nc2c(N(OC(=O)OC(C)(C)C)C(=O)OC(C)(C)C)cccc2o1. The number of aromatic nitrogens is 1. The molecule has 8 nitrogen and oxygen atoms in total. The molecule has 1 heterocycles. The molecule has 8 heteroatoms. The molecule has 0 unspecified atom stereocenters. The third kappa shape index (κ3) is 5.64. The first-order valence-corrected chi connectivity index (χ1v) is 8.66. The minimum Gasteiger partial charge on any atom is -0.441 e. The summed E-state index contributed by atoms with van der Waals surface area (Å²) in [7, 11) is 0. The number of nitrogens with zero attached hydrogens (tertiary/aromatic N) is 2. The lowest BCUT2D eigenvalue weighted by atomic mass is 10.2. The normalized spacial score (nSPS) is 11.4. The van der Waals surface area contributed by atoms with Crippen LogP contribution in [0.3, 0.4) is 0 Å². The summed E-state index contributed by atoms with van der Waals surface area (Å²) < 4.78 is 16.0. The largest absolute Gasteiger partial charge is 0.534 e. The Kier molecular flexibility index (Phi) is 5.88. The number of para-hydroxylation sites is 1. The van der Waals surface area contributed by atoms with E-state index in [1.165, 1.54) is 0 Å². The number of amides is 1. The van der Waals surface area contributed by atoms with Crippen molar-refractivity contribution in [1.82, 2.24) is 4.98 Å². The number of hydrogen-bond donors (Lipinski definition) is 0. The fraction of sp³-hybridized carbons (Fsp3) is 0.450. The van der Waals surface area contributed by atoms with E-state index >= 15 is 0 Å². The highest BCUT2D eigenvalue weighted by molar-refractivity contribution is 5.97. The monoisotopic (exact) mass is 388 g/mol. The molecule has 2 aromatic rings. The quantitative estimate of drug-likeness (QED) is 0.393. The first-order chi connectivity index (χ1) is 12.9. The van der Waals surface area contributed by atoms with Gasteiger partial charge in [0.15, 0.2) is 5.58 Å². The molecule has 0 spiro atoms. The summed E-state index contributed by atoms with van der Waals surface area (Å²) in [4.78, 5) is 34.4. The van der Waals surface area contributed by atoms with Crippen LogP contribution < -0.4 is 5.06 Å².